The van der Waals surface area contributed by atoms with E-state index in [4.69, 9.17) is 15.2 Å². The Hall–Kier alpha value is -2.63. The molecule has 2 saturated heterocycles. The van der Waals surface area contributed by atoms with Crippen molar-refractivity contribution in [2.75, 3.05) is 12.3 Å². The van der Waals surface area contributed by atoms with Crippen LogP contribution in [-0.2, 0) is 15.9 Å². The minimum atomic E-state index is -1.52. The van der Waals surface area contributed by atoms with Gasteiger partial charge in [0.25, 0.3) is 0 Å². The van der Waals surface area contributed by atoms with Gasteiger partial charge < -0.3 is 30.0 Å². The van der Waals surface area contributed by atoms with E-state index in [9.17, 15) is 10.2 Å². The summed E-state index contributed by atoms with van der Waals surface area (Å²) in [5.41, 5.74) is 7.66. The number of anilines is 1. The zero-order valence-electron chi connectivity index (χ0n) is 17.7. The van der Waals surface area contributed by atoms with E-state index in [0.717, 1.165) is 32.0 Å². The maximum absolute atomic E-state index is 11.3. The first-order chi connectivity index (χ1) is 15.8. The zero-order chi connectivity index (χ0) is 22.9. The molecule has 0 amide bonds. The Labute approximate surface area is 197 Å². The van der Waals surface area contributed by atoms with Crippen LogP contribution in [0.2, 0.25) is 0 Å². The number of nitrogen functional groups attached to an aromatic ring is 1. The van der Waals surface area contributed by atoms with E-state index in [-0.39, 0.29) is 6.61 Å². The third kappa shape index (κ3) is 3.17. The highest BCUT2D eigenvalue weighted by molar-refractivity contribution is 9.10. The van der Waals surface area contributed by atoms with Crippen molar-refractivity contribution in [1.82, 2.24) is 19.5 Å². The Morgan fingerprint density at radius 3 is 2.97 bits per heavy atom. The lowest BCUT2D eigenvalue weighted by Gasteiger charge is -2.24. The van der Waals surface area contributed by atoms with Crippen LogP contribution in [0.1, 0.15) is 17.5 Å². The number of aromatic nitrogens is 4. The highest BCUT2D eigenvalue weighted by atomic mass is 79.9. The number of aliphatic hydroxyl groups is 2. The van der Waals surface area contributed by atoms with Gasteiger partial charge in [-0.3, -0.25) is 0 Å². The molecule has 9 nitrogen and oxygen atoms in total. The van der Waals surface area contributed by atoms with Crippen LogP contribution in [0.25, 0.3) is 21.9 Å². The molecule has 2 aliphatic rings. The lowest BCUT2D eigenvalue weighted by Crippen LogP contribution is -2.48. The summed E-state index contributed by atoms with van der Waals surface area (Å²) in [6.45, 7) is 1.89. The quantitative estimate of drug-likeness (QED) is 0.382. The Balaban J connectivity index is 1.29. The molecule has 0 saturated carbocycles. The van der Waals surface area contributed by atoms with Gasteiger partial charge in [0.1, 0.15) is 35.6 Å². The van der Waals surface area contributed by atoms with Gasteiger partial charge in [-0.15, -0.1) is 0 Å². The zero-order valence-corrected chi connectivity index (χ0v) is 19.3. The number of benzene rings is 1. The molecule has 5 atom stereocenters. The van der Waals surface area contributed by atoms with Crippen LogP contribution in [0.3, 0.4) is 0 Å². The van der Waals surface area contributed by atoms with Crippen molar-refractivity contribution in [3.8, 4) is 0 Å². The number of halogens is 1. The molecule has 33 heavy (non-hydrogen) atoms. The number of nitrogens with zero attached hydrogens (tertiary/aromatic N) is 4. The molecule has 10 heteroatoms. The van der Waals surface area contributed by atoms with Crippen LogP contribution in [0, 0.1) is 6.92 Å². The maximum Gasteiger partial charge on any atom is 0.164 e. The fourth-order valence-corrected chi connectivity index (χ4v) is 5.25. The molecule has 6 rings (SSSR count). The summed E-state index contributed by atoms with van der Waals surface area (Å²) in [7, 11) is 0. The van der Waals surface area contributed by atoms with Crippen LogP contribution >= 0.6 is 15.9 Å². The van der Waals surface area contributed by atoms with Crippen LogP contribution in [0.15, 0.2) is 47.3 Å². The van der Waals surface area contributed by atoms with E-state index in [0.29, 0.717) is 17.9 Å². The van der Waals surface area contributed by atoms with Crippen molar-refractivity contribution in [3.05, 3.63) is 58.6 Å². The molecule has 5 heterocycles. The van der Waals surface area contributed by atoms with Crippen molar-refractivity contribution < 1.29 is 19.7 Å². The molecule has 4 N–H and O–H groups in total. The third-order valence-corrected chi connectivity index (χ3v) is 7.34. The molecule has 0 aliphatic carbocycles. The van der Waals surface area contributed by atoms with E-state index in [1.807, 2.05) is 37.3 Å². The number of ether oxygens (including phenoxy) is 2. The second kappa shape index (κ2) is 7.44. The summed E-state index contributed by atoms with van der Waals surface area (Å²) in [5, 5.41) is 24.2. The van der Waals surface area contributed by atoms with Gasteiger partial charge in [0.2, 0.25) is 0 Å². The summed E-state index contributed by atoms with van der Waals surface area (Å²) in [4.78, 5) is 13.0. The van der Waals surface area contributed by atoms with Gasteiger partial charge in [0, 0.05) is 23.4 Å². The number of pyridine rings is 1. The fourth-order valence-electron chi connectivity index (χ4n) is 4.91. The Morgan fingerprint density at radius 1 is 1.27 bits per heavy atom. The second-order valence-corrected chi connectivity index (χ2v) is 9.59. The number of aryl methyl sites for hydroxylation is 1. The van der Waals surface area contributed by atoms with E-state index >= 15 is 0 Å². The fraction of sp³-hybridized carbons (Fsp3) is 0.348. The van der Waals surface area contributed by atoms with Crippen molar-refractivity contribution in [2.45, 2.75) is 43.5 Å². The molecule has 170 valence electrons. The van der Waals surface area contributed by atoms with Crippen molar-refractivity contribution >= 4 is 43.7 Å². The van der Waals surface area contributed by atoms with Gasteiger partial charge in [-0.1, -0.05) is 12.1 Å². The van der Waals surface area contributed by atoms with Gasteiger partial charge in [-0.05, 0) is 46.6 Å². The van der Waals surface area contributed by atoms with E-state index in [1.165, 1.54) is 6.33 Å². The number of fused-ring (bicyclic) bond motifs is 3. The van der Waals surface area contributed by atoms with Crippen molar-refractivity contribution in [1.29, 1.82) is 0 Å². The number of aliphatic hydroxyl groups excluding tert-OH is 1. The van der Waals surface area contributed by atoms with Gasteiger partial charge in [-0.2, -0.15) is 0 Å². The standard InChI is InChI=1S/C23H22BrN5O4/c1-11-14-4-5-29(21(14)27-10-26-11)22-18(30)23(31)9-32-17(19(23)33-22)7-12-2-3-13-8-15(24)20(25)28-16(13)6-12/h2-6,8,10,17-19,22,30-31H,7,9H2,1H3,(H2,25,28)/t17-,18-,19+,22+,23-/m0/s1. The summed E-state index contributed by atoms with van der Waals surface area (Å²) >= 11 is 3.40. The molecular weight excluding hydrogens is 490 g/mol. The minimum absolute atomic E-state index is 0.0149. The molecule has 1 aromatic carbocycles. The first-order valence-corrected chi connectivity index (χ1v) is 11.4. The predicted octanol–water partition coefficient (Wildman–Crippen LogP) is 2.26. The molecular formula is C23H22BrN5O4. The molecule has 0 spiro atoms. The van der Waals surface area contributed by atoms with Crippen LogP contribution in [0.4, 0.5) is 5.82 Å². The van der Waals surface area contributed by atoms with Crippen LogP contribution < -0.4 is 5.73 Å². The van der Waals surface area contributed by atoms with E-state index in [1.54, 1.807) is 10.8 Å². The lowest BCUT2D eigenvalue weighted by atomic mass is 9.90. The number of hydrogen-bond donors (Lipinski definition) is 3. The van der Waals surface area contributed by atoms with Crippen LogP contribution in [0.5, 0.6) is 0 Å². The predicted molar refractivity (Wildman–Crippen MR) is 124 cm³/mol. The second-order valence-electron chi connectivity index (χ2n) is 8.74. The highest BCUT2D eigenvalue weighted by Gasteiger charge is 2.62. The summed E-state index contributed by atoms with van der Waals surface area (Å²) < 4.78 is 14.6. The third-order valence-electron chi connectivity index (χ3n) is 6.71. The van der Waals surface area contributed by atoms with Crippen molar-refractivity contribution in [3.63, 3.8) is 0 Å². The normalized spacial score (nSPS) is 29.2. The molecule has 2 fully saturated rings. The Kier molecular flexibility index (Phi) is 4.72. The average molecular weight is 512 g/mol. The monoisotopic (exact) mass is 511 g/mol. The summed E-state index contributed by atoms with van der Waals surface area (Å²) in [6, 6.07) is 9.75. The first kappa shape index (κ1) is 20.9. The Morgan fingerprint density at radius 2 is 2.12 bits per heavy atom. The molecule has 4 aromatic rings. The number of hydrogen-bond acceptors (Lipinski definition) is 8. The summed E-state index contributed by atoms with van der Waals surface area (Å²) in [6.07, 6.45) is 0.693. The minimum Gasteiger partial charge on any atom is -0.385 e. The maximum atomic E-state index is 11.3. The molecule has 0 unspecified atom stereocenters. The van der Waals surface area contributed by atoms with Gasteiger partial charge >= 0.3 is 0 Å². The van der Waals surface area contributed by atoms with E-state index < -0.39 is 30.1 Å². The number of nitrogens with two attached hydrogens (primary N) is 1. The topological polar surface area (TPSA) is 129 Å². The molecule has 0 bridgehead atoms. The highest BCUT2D eigenvalue weighted by Crippen LogP contribution is 2.45. The molecule has 2 aliphatic heterocycles. The molecule has 0 radical (unpaired) electrons. The largest absolute Gasteiger partial charge is 0.385 e. The lowest BCUT2D eigenvalue weighted by molar-refractivity contribution is -0.0891. The number of rotatable bonds is 3. The summed E-state index contributed by atoms with van der Waals surface area (Å²) in [5.74, 6) is 0.425. The van der Waals surface area contributed by atoms with Gasteiger partial charge in [-0.25, -0.2) is 15.0 Å². The SMILES string of the molecule is Cc1ncnc2c1ccn2[C@@H]1O[C@@H]2[C@H](Cc3ccc4cc(Br)c(N)nc4c3)OC[C@]2(O)[C@H]1O. The van der Waals surface area contributed by atoms with Crippen molar-refractivity contribution in [2.24, 2.45) is 0 Å². The smallest absolute Gasteiger partial charge is 0.164 e. The van der Waals surface area contributed by atoms with E-state index in [2.05, 4.69) is 30.9 Å². The molecule has 3 aromatic heterocycles. The Bertz CT molecular complexity index is 1390. The van der Waals surface area contributed by atoms with Crippen LogP contribution in [-0.4, -0.2) is 60.3 Å². The first-order valence-electron chi connectivity index (χ1n) is 10.7. The average Bonchev–Trinajstić information content (AvgIpc) is 3.42. The van der Waals surface area contributed by atoms with Gasteiger partial charge in [0.15, 0.2) is 6.23 Å². The van der Waals surface area contributed by atoms with Gasteiger partial charge in [0.05, 0.1) is 28.4 Å².